The van der Waals surface area contributed by atoms with Crippen LogP contribution in [0.4, 0.5) is 11.4 Å². The van der Waals surface area contributed by atoms with Crippen molar-refractivity contribution in [3.63, 3.8) is 0 Å². The first-order valence-corrected chi connectivity index (χ1v) is 12.1. The van der Waals surface area contributed by atoms with Gasteiger partial charge in [0.25, 0.3) is 0 Å². The lowest BCUT2D eigenvalue weighted by Gasteiger charge is -2.21. The van der Waals surface area contributed by atoms with Crippen LogP contribution in [0.15, 0.2) is 99.7 Å². The molecule has 0 aliphatic carbocycles. The van der Waals surface area contributed by atoms with E-state index in [0.717, 1.165) is 57.3 Å². The van der Waals surface area contributed by atoms with Gasteiger partial charge in [-0.15, -0.1) is 11.3 Å². The van der Waals surface area contributed by atoms with E-state index in [-0.39, 0.29) is 0 Å². The normalized spacial score (nSPS) is 11.8. The fourth-order valence-corrected chi connectivity index (χ4v) is 4.72. The van der Waals surface area contributed by atoms with Crippen LogP contribution < -0.4 is 10.5 Å². The van der Waals surface area contributed by atoms with Crippen molar-refractivity contribution in [2.24, 2.45) is 4.99 Å². The van der Waals surface area contributed by atoms with Gasteiger partial charge in [0, 0.05) is 41.2 Å². The lowest BCUT2D eigenvalue weighted by Crippen LogP contribution is -2.21. The number of hydrogen-bond acceptors (Lipinski definition) is 5. The molecular formula is C28H25N3OS. The average molecular weight is 452 g/mol. The summed E-state index contributed by atoms with van der Waals surface area (Å²) in [5.41, 5.74) is 6.34. The molecule has 0 radical (unpaired) electrons. The Morgan fingerprint density at radius 2 is 1.61 bits per heavy atom. The molecule has 0 N–H and O–H groups in total. The van der Waals surface area contributed by atoms with E-state index in [0.29, 0.717) is 5.55 Å². The number of benzene rings is 3. The minimum absolute atomic E-state index is 0.569. The number of thiazole rings is 1. The maximum absolute atomic E-state index is 6.42. The molecule has 3 aromatic carbocycles. The van der Waals surface area contributed by atoms with Crippen LogP contribution in [-0.2, 0) is 0 Å². The Balaban J connectivity index is 1.69. The van der Waals surface area contributed by atoms with Crippen molar-refractivity contribution in [3.8, 4) is 21.8 Å². The summed E-state index contributed by atoms with van der Waals surface area (Å²) in [6.45, 7) is 6.22. The number of rotatable bonds is 6. The zero-order valence-corrected chi connectivity index (χ0v) is 19.5. The number of fused-ring (bicyclic) bond motifs is 1. The molecule has 5 aromatic rings. The van der Waals surface area contributed by atoms with Gasteiger partial charge < -0.3 is 9.32 Å². The molecule has 0 saturated heterocycles. The Labute approximate surface area is 197 Å². The van der Waals surface area contributed by atoms with Gasteiger partial charge in [-0.05, 0) is 44.2 Å². The van der Waals surface area contributed by atoms with E-state index in [1.807, 2.05) is 48.5 Å². The summed E-state index contributed by atoms with van der Waals surface area (Å²) in [4.78, 5) is 12.1. The quantitative estimate of drug-likeness (QED) is 0.272. The molecule has 0 aliphatic rings. The highest BCUT2D eigenvalue weighted by Crippen LogP contribution is 2.30. The van der Waals surface area contributed by atoms with Gasteiger partial charge in [-0.3, -0.25) is 0 Å². The highest BCUT2D eigenvalue weighted by Gasteiger charge is 2.13. The van der Waals surface area contributed by atoms with E-state index in [2.05, 4.69) is 60.5 Å². The van der Waals surface area contributed by atoms with Gasteiger partial charge in [-0.2, -0.15) is 0 Å². The number of aromatic nitrogens is 1. The predicted molar refractivity (Wildman–Crippen MR) is 138 cm³/mol. The van der Waals surface area contributed by atoms with E-state index in [1.165, 1.54) is 0 Å². The Morgan fingerprint density at radius 3 is 2.33 bits per heavy atom. The molecular weight excluding hydrogens is 426 g/mol. The van der Waals surface area contributed by atoms with Gasteiger partial charge in [0.15, 0.2) is 0 Å². The second-order valence-electron chi connectivity index (χ2n) is 7.71. The van der Waals surface area contributed by atoms with Gasteiger partial charge in [-0.1, -0.05) is 48.5 Å². The Bertz CT molecular complexity index is 1430. The predicted octanol–water partition coefficient (Wildman–Crippen LogP) is 7.30. The SMILES string of the molecule is CCN(CC)c1ccc2cc(-c3nc(-c4ccccc4)cs3)c(=Nc3ccccc3)oc2c1. The van der Waals surface area contributed by atoms with E-state index in [1.54, 1.807) is 11.3 Å². The van der Waals surface area contributed by atoms with Crippen molar-refractivity contribution in [3.05, 3.63) is 95.9 Å². The standard InChI is InChI=1S/C28H25N3OS/c1-3-31(4-2)23-16-15-21-17-24(28-30-25(19-33-28)20-11-7-5-8-12-20)27(32-26(21)18-23)29-22-13-9-6-10-14-22/h5-19H,3-4H2,1-2H3. The zero-order valence-electron chi connectivity index (χ0n) is 18.7. The van der Waals surface area contributed by atoms with Crippen LogP contribution in [0, 0.1) is 0 Å². The molecule has 0 fully saturated rings. The van der Waals surface area contributed by atoms with Crippen LogP contribution in [-0.4, -0.2) is 18.1 Å². The third-order valence-corrected chi connectivity index (χ3v) is 6.53. The summed E-state index contributed by atoms with van der Waals surface area (Å²) in [5, 5.41) is 4.01. The van der Waals surface area contributed by atoms with E-state index in [4.69, 9.17) is 14.4 Å². The summed E-state index contributed by atoms with van der Waals surface area (Å²) < 4.78 is 6.42. The lowest BCUT2D eigenvalue weighted by atomic mass is 10.1. The van der Waals surface area contributed by atoms with E-state index in [9.17, 15) is 0 Å². The zero-order chi connectivity index (χ0) is 22.6. The van der Waals surface area contributed by atoms with Crippen molar-refractivity contribution < 1.29 is 4.42 Å². The minimum atomic E-state index is 0.569. The number of para-hydroxylation sites is 1. The van der Waals surface area contributed by atoms with Crippen LogP contribution >= 0.6 is 11.3 Å². The summed E-state index contributed by atoms with van der Waals surface area (Å²) in [6.07, 6.45) is 0. The van der Waals surface area contributed by atoms with Crippen LogP contribution in [0.2, 0.25) is 0 Å². The Hall–Kier alpha value is -3.70. The van der Waals surface area contributed by atoms with Crippen LogP contribution in [0.5, 0.6) is 0 Å². The molecule has 0 amide bonds. The van der Waals surface area contributed by atoms with Crippen LogP contribution in [0.25, 0.3) is 32.8 Å². The second kappa shape index (κ2) is 9.43. The first-order chi connectivity index (χ1) is 16.2. The Kier molecular flexibility index (Phi) is 6.05. The molecule has 2 heterocycles. The van der Waals surface area contributed by atoms with Crippen molar-refractivity contribution in [1.29, 1.82) is 0 Å². The molecule has 5 heteroatoms. The lowest BCUT2D eigenvalue weighted by molar-refractivity contribution is 0.547. The molecule has 0 saturated carbocycles. The van der Waals surface area contributed by atoms with Crippen LogP contribution in [0.1, 0.15) is 13.8 Å². The second-order valence-corrected chi connectivity index (χ2v) is 8.57. The molecule has 0 unspecified atom stereocenters. The van der Waals surface area contributed by atoms with Gasteiger partial charge in [0.05, 0.1) is 16.9 Å². The number of nitrogens with zero attached hydrogens (tertiary/aromatic N) is 3. The average Bonchev–Trinajstić information content (AvgIpc) is 3.36. The fourth-order valence-electron chi connectivity index (χ4n) is 3.89. The van der Waals surface area contributed by atoms with Gasteiger partial charge in [0.2, 0.25) is 5.55 Å². The first-order valence-electron chi connectivity index (χ1n) is 11.2. The molecule has 164 valence electrons. The van der Waals surface area contributed by atoms with E-state index < -0.39 is 0 Å². The highest BCUT2D eigenvalue weighted by molar-refractivity contribution is 7.13. The third kappa shape index (κ3) is 4.45. The number of anilines is 1. The summed E-state index contributed by atoms with van der Waals surface area (Å²) in [7, 11) is 0. The largest absolute Gasteiger partial charge is 0.438 e. The van der Waals surface area contributed by atoms with Gasteiger partial charge in [0.1, 0.15) is 10.6 Å². The van der Waals surface area contributed by atoms with Gasteiger partial charge >= 0.3 is 0 Å². The van der Waals surface area contributed by atoms with Gasteiger partial charge in [-0.25, -0.2) is 9.98 Å². The maximum atomic E-state index is 6.42. The fraction of sp³-hybridized carbons (Fsp3) is 0.143. The number of hydrogen-bond donors (Lipinski definition) is 0. The minimum Gasteiger partial charge on any atom is -0.438 e. The smallest absolute Gasteiger partial charge is 0.230 e. The molecule has 4 nitrogen and oxygen atoms in total. The topological polar surface area (TPSA) is 41.6 Å². The molecule has 33 heavy (non-hydrogen) atoms. The summed E-state index contributed by atoms with van der Waals surface area (Å²) >= 11 is 1.61. The molecule has 0 aliphatic heterocycles. The molecule has 0 atom stereocenters. The Morgan fingerprint density at radius 1 is 0.879 bits per heavy atom. The van der Waals surface area contributed by atoms with Crippen molar-refractivity contribution in [2.75, 3.05) is 18.0 Å². The monoisotopic (exact) mass is 451 g/mol. The van der Waals surface area contributed by atoms with Crippen molar-refractivity contribution in [2.45, 2.75) is 13.8 Å². The molecule has 0 spiro atoms. The maximum Gasteiger partial charge on any atom is 0.230 e. The highest BCUT2D eigenvalue weighted by atomic mass is 32.1. The summed E-state index contributed by atoms with van der Waals surface area (Å²) in [6, 6.07) is 28.7. The van der Waals surface area contributed by atoms with Crippen LogP contribution in [0.3, 0.4) is 0 Å². The molecule has 2 aromatic heterocycles. The van der Waals surface area contributed by atoms with Crippen molar-refractivity contribution >= 4 is 33.7 Å². The van der Waals surface area contributed by atoms with Crippen molar-refractivity contribution in [1.82, 2.24) is 4.98 Å². The van der Waals surface area contributed by atoms with E-state index >= 15 is 0 Å². The first kappa shape index (κ1) is 21.2. The molecule has 0 bridgehead atoms. The third-order valence-electron chi connectivity index (χ3n) is 5.65. The molecule has 5 rings (SSSR count). The summed E-state index contributed by atoms with van der Waals surface area (Å²) in [5.74, 6) is 0.